The molecule has 6 nitrogen and oxygen atoms in total. The van der Waals surface area contributed by atoms with Gasteiger partial charge in [-0.25, -0.2) is 9.78 Å². The number of urea groups is 1. The van der Waals surface area contributed by atoms with Crippen molar-refractivity contribution in [1.29, 1.82) is 0 Å². The molecule has 0 spiro atoms. The first-order chi connectivity index (χ1) is 10.2. The number of nitrogens with zero attached hydrogens (tertiary/aromatic N) is 2. The summed E-state index contributed by atoms with van der Waals surface area (Å²) in [7, 11) is 0. The van der Waals surface area contributed by atoms with E-state index < -0.39 is 0 Å². The number of fused-ring (bicyclic) bond motifs is 1. The van der Waals surface area contributed by atoms with Crippen LogP contribution in [0.25, 0.3) is 0 Å². The lowest BCUT2D eigenvalue weighted by Gasteiger charge is -2.31. The zero-order valence-corrected chi connectivity index (χ0v) is 12.6. The van der Waals surface area contributed by atoms with Crippen LogP contribution in [0, 0.1) is 0 Å². The van der Waals surface area contributed by atoms with E-state index in [1.54, 1.807) is 0 Å². The summed E-state index contributed by atoms with van der Waals surface area (Å²) in [6, 6.07) is 0.0971. The number of rotatable bonds is 4. The predicted octanol–water partition coefficient (Wildman–Crippen LogP) is 1.46. The zero-order chi connectivity index (χ0) is 14.7. The van der Waals surface area contributed by atoms with Gasteiger partial charge in [0.2, 0.25) is 0 Å². The zero-order valence-electron chi connectivity index (χ0n) is 12.6. The highest BCUT2D eigenvalue weighted by atomic mass is 16.5. The number of aromatic nitrogens is 2. The maximum atomic E-state index is 12.3. The van der Waals surface area contributed by atoms with Crippen molar-refractivity contribution >= 4 is 6.03 Å². The Labute approximate surface area is 125 Å². The van der Waals surface area contributed by atoms with Crippen LogP contribution in [0.15, 0.2) is 12.4 Å². The van der Waals surface area contributed by atoms with Crippen molar-refractivity contribution in [3.8, 4) is 0 Å². The van der Waals surface area contributed by atoms with E-state index in [4.69, 9.17) is 4.74 Å². The van der Waals surface area contributed by atoms with Gasteiger partial charge in [0, 0.05) is 38.0 Å². The predicted molar refractivity (Wildman–Crippen MR) is 79.1 cm³/mol. The second-order valence-electron chi connectivity index (χ2n) is 6.16. The molecule has 6 heteroatoms. The summed E-state index contributed by atoms with van der Waals surface area (Å²) in [4.78, 5) is 16.6. The molecule has 116 valence electrons. The highest BCUT2D eigenvalue weighted by molar-refractivity contribution is 5.75. The number of nitrogens with one attached hydrogen (secondary N) is 2. The first-order valence-corrected chi connectivity index (χ1v) is 7.87. The van der Waals surface area contributed by atoms with E-state index in [1.807, 2.05) is 12.4 Å². The van der Waals surface area contributed by atoms with Gasteiger partial charge in [0.15, 0.2) is 0 Å². The summed E-state index contributed by atoms with van der Waals surface area (Å²) in [5.74, 6) is 1.05. The van der Waals surface area contributed by atoms with E-state index in [1.165, 1.54) is 0 Å². The van der Waals surface area contributed by atoms with E-state index in [9.17, 15) is 4.79 Å². The Morgan fingerprint density at radius 2 is 2.52 bits per heavy atom. The minimum atomic E-state index is -0.175. The van der Waals surface area contributed by atoms with Crippen molar-refractivity contribution in [3.05, 3.63) is 18.2 Å². The van der Waals surface area contributed by atoms with Crippen LogP contribution in [0.4, 0.5) is 4.79 Å². The fourth-order valence-corrected chi connectivity index (χ4v) is 3.38. The van der Waals surface area contributed by atoms with Gasteiger partial charge in [0.1, 0.15) is 5.82 Å². The van der Waals surface area contributed by atoms with Gasteiger partial charge in [0.05, 0.1) is 12.1 Å². The van der Waals surface area contributed by atoms with Gasteiger partial charge in [-0.1, -0.05) is 13.3 Å². The molecule has 0 radical (unpaired) electrons. The van der Waals surface area contributed by atoms with Gasteiger partial charge in [-0.3, -0.25) is 0 Å². The number of imidazole rings is 1. The third-order valence-electron chi connectivity index (χ3n) is 4.49. The van der Waals surface area contributed by atoms with Crippen molar-refractivity contribution < 1.29 is 9.53 Å². The summed E-state index contributed by atoms with van der Waals surface area (Å²) in [6.45, 7) is 4.43. The number of amides is 2. The van der Waals surface area contributed by atoms with Crippen LogP contribution in [0.1, 0.15) is 38.4 Å². The Hall–Kier alpha value is -1.56. The van der Waals surface area contributed by atoms with Gasteiger partial charge in [0.25, 0.3) is 0 Å². The van der Waals surface area contributed by atoms with Gasteiger partial charge in [-0.05, 0) is 19.3 Å². The third-order valence-corrected chi connectivity index (χ3v) is 4.49. The normalized spacial score (nSPS) is 28.1. The van der Waals surface area contributed by atoms with Crippen LogP contribution in [-0.2, 0) is 17.7 Å². The SMILES string of the molecule is CCCC1(NC(=O)NC2CCn3ccnc3C2)CCOC1. The molecule has 2 aliphatic rings. The minimum Gasteiger partial charge on any atom is -0.379 e. The van der Waals surface area contributed by atoms with Crippen molar-refractivity contribution in [2.45, 2.75) is 57.2 Å². The Morgan fingerprint density at radius 3 is 3.29 bits per heavy atom. The number of aryl methyl sites for hydroxylation is 1. The number of ether oxygens (including phenoxy) is 1. The molecule has 2 unspecified atom stereocenters. The standard InChI is InChI=1S/C15H24N4O2/c1-2-4-15(5-9-21-11-15)18-14(20)17-12-3-7-19-8-6-16-13(19)10-12/h6,8,12H,2-5,7,9-11H2,1H3,(H2,17,18,20). The molecule has 3 rings (SSSR count). The molecule has 1 aromatic rings. The first-order valence-electron chi connectivity index (χ1n) is 7.87. The van der Waals surface area contributed by atoms with Crippen molar-refractivity contribution in [3.63, 3.8) is 0 Å². The molecule has 2 atom stereocenters. The van der Waals surface area contributed by atoms with Crippen LogP contribution in [-0.4, -0.2) is 40.4 Å². The van der Waals surface area contributed by atoms with Gasteiger partial charge < -0.3 is 19.9 Å². The smallest absolute Gasteiger partial charge is 0.315 e. The summed E-state index contributed by atoms with van der Waals surface area (Å²) < 4.78 is 7.64. The molecular weight excluding hydrogens is 268 g/mol. The van der Waals surface area contributed by atoms with E-state index >= 15 is 0 Å². The third kappa shape index (κ3) is 3.20. The Kier molecular flexibility index (Phi) is 4.14. The molecule has 1 fully saturated rings. The molecular formula is C15H24N4O2. The van der Waals surface area contributed by atoms with Crippen LogP contribution in [0.2, 0.25) is 0 Å². The molecule has 1 saturated heterocycles. The van der Waals surface area contributed by atoms with E-state index in [0.717, 1.165) is 51.1 Å². The lowest BCUT2D eigenvalue weighted by Crippen LogP contribution is -2.55. The highest BCUT2D eigenvalue weighted by Crippen LogP contribution is 2.24. The van der Waals surface area contributed by atoms with Gasteiger partial charge in [-0.15, -0.1) is 0 Å². The van der Waals surface area contributed by atoms with Gasteiger partial charge in [-0.2, -0.15) is 0 Å². The molecule has 3 heterocycles. The Morgan fingerprint density at radius 1 is 1.62 bits per heavy atom. The lowest BCUT2D eigenvalue weighted by molar-refractivity contribution is 0.160. The number of hydrogen-bond donors (Lipinski definition) is 2. The van der Waals surface area contributed by atoms with E-state index in [0.29, 0.717) is 6.61 Å². The fourth-order valence-electron chi connectivity index (χ4n) is 3.38. The fraction of sp³-hybridized carbons (Fsp3) is 0.733. The quantitative estimate of drug-likeness (QED) is 0.882. The summed E-state index contributed by atoms with van der Waals surface area (Å²) in [6.07, 6.45) is 8.50. The molecule has 21 heavy (non-hydrogen) atoms. The van der Waals surface area contributed by atoms with Gasteiger partial charge >= 0.3 is 6.03 Å². The number of hydrogen-bond acceptors (Lipinski definition) is 3. The molecule has 2 aliphatic heterocycles. The largest absolute Gasteiger partial charge is 0.379 e. The molecule has 1 aromatic heterocycles. The molecule has 0 aliphatic carbocycles. The topological polar surface area (TPSA) is 68.2 Å². The van der Waals surface area contributed by atoms with E-state index in [-0.39, 0.29) is 17.6 Å². The monoisotopic (exact) mass is 292 g/mol. The Bertz CT molecular complexity index is 494. The van der Waals surface area contributed by atoms with Crippen LogP contribution in [0.5, 0.6) is 0 Å². The van der Waals surface area contributed by atoms with Crippen LogP contribution >= 0.6 is 0 Å². The molecule has 0 saturated carbocycles. The molecule has 0 aromatic carbocycles. The number of carbonyl (C=O) groups is 1. The van der Waals surface area contributed by atoms with E-state index in [2.05, 4.69) is 27.1 Å². The van der Waals surface area contributed by atoms with Crippen LogP contribution in [0.3, 0.4) is 0 Å². The highest BCUT2D eigenvalue weighted by Gasteiger charge is 2.36. The second kappa shape index (κ2) is 6.05. The minimum absolute atomic E-state index is 0.0704. The average Bonchev–Trinajstić information content (AvgIpc) is 3.08. The maximum absolute atomic E-state index is 12.3. The second-order valence-corrected chi connectivity index (χ2v) is 6.16. The summed E-state index contributed by atoms with van der Waals surface area (Å²) in [5, 5.41) is 6.26. The van der Waals surface area contributed by atoms with Crippen molar-refractivity contribution in [2.24, 2.45) is 0 Å². The van der Waals surface area contributed by atoms with Crippen molar-refractivity contribution in [2.75, 3.05) is 13.2 Å². The summed E-state index contributed by atoms with van der Waals surface area (Å²) in [5.41, 5.74) is -0.175. The average molecular weight is 292 g/mol. The van der Waals surface area contributed by atoms with Crippen molar-refractivity contribution in [1.82, 2.24) is 20.2 Å². The maximum Gasteiger partial charge on any atom is 0.315 e. The summed E-state index contributed by atoms with van der Waals surface area (Å²) >= 11 is 0. The van der Waals surface area contributed by atoms with Crippen LogP contribution < -0.4 is 10.6 Å². The Balaban J connectivity index is 1.54. The molecule has 2 amide bonds. The molecule has 2 N–H and O–H groups in total. The first kappa shape index (κ1) is 14.4. The molecule has 0 bridgehead atoms. The number of carbonyl (C=O) groups excluding carboxylic acids is 1. The lowest BCUT2D eigenvalue weighted by atomic mass is 9.93.